The summed E-state index contributed by atoms with van der Waals surface area (Å²) in [4.78, 5) is 31.5. The van der Waals surface area contributed by atoms with Gasteiger partial charge in [0.05, 0.1) is 17.9 Å². The van der Waals surface area contributed by atoms with Crippen molar-refractivity contribution < 1.29 is 14.0 Å². The molecule has 3 rings (SSSR count). The molecule has 0 aliphatic carbocycles. The highest BCUT2D eigenvalue weighted by molar-refractivity contribution is 6.39. The van der Waals surface area contributed by atoms with Crippen LogP contribution in [0, 0.1) is 18.7 Å². The standard InChI is InChI=1S/C22H26FN3O2/c1-4-16-11-19(12-24-15(16)3)25-21(27)22(28)26-13-14(2)5-10-20(26)17-6-8-18(23)9-7-17/h6-9,11-12,14,20H,4-5,10,13H2,1-3H3,(H,25,27). The summed E-state index contributed by atoms with van der Waals surface area (Å²) in [5, 5.41) is 2.68. The van der Waals surface area contributed by atoms with Crippen molar-refractivity contribution in [3.8, 4) is 0 Å². The van der Waals surface area contributed by atoms with Crippen LogP contribution in [-0.4, -0.2) is 28.2 Å². The molecular formula is C22H26FN3O2. The Hall–Kier alpha value is -2.76. The van der Waals surface area contributed by atoms with Crippen molar-refractivity contribution >= 4 is 17.5 Å². The molecule has 1 N–H and O–H groups in total. The Morgan fingerprint density at radius 1 is 1.25 bits per heavy atom. The van der Waals surface area contributed by atoms with Gasteiger partial charge in [0.2, 0.25) is 0 Å². The number of hydrogen-bond donors (Lipinski definition) is 1. The van der Waals surface area contributed by atoms with Crippen LogP contribution >= 0.6 is 0 Å². The third-order valence-electron chi connectivity index (χ3n) is 5.36. The van der Waals surface area contributed by atoms with E-state index < -0.39 is 11.8 Å². The number of likely N-dealkylation sites (tertiary alicyclic amines) is 1. The third kappa shape index (κ3) is 4.38. The Balaban J connectivity index is 1.79. The molecule has 2 amide bonds. The van der Waals surface area contributed by atoms with E-state index in [9.17, 15) is 14.0 Å². The van der Waals surface area contributed by atoms with E-state index in [0.29, 0.717) is 18.2 Å². The predicted molar refractivity (Wildman–Crippen MR) is 106 cm³/mol. The van der Waals surface area contributed by atoms with E-state index in [-0.39, 0.29) is 11.9 Å². The van der Waals surface area contributed by atoms with Crippen molar-refractivity contribution in [3.05, 3.63) is 59.2 Å². The second kappa shape index (κ2) is 8.50. The molecule has 5 nitrogen and oxygen atoms in total. The Labute approximate surface area is 165 Å². The molecule has 2 heterocycles. The van der Waals surface area contributed by atoms with Gasteiger partial charge in [0.25, 0.3) is 0 Å². The fourth-order valence-corrected chi connectivity index (χ4v) is 3.73. The largest absolute Gasteiger partial charge is 0.327 e. The molecule has 2 aromatic rings. The number of piperidine rings is 1. The summed E-state index contributed by atoms with van der Waals surface area (Å²) >= 11 is 0. The van der Waals surface area contributed by atoms with Crippen LogP contribution in [0.4, 0.5) is 10.1 Å². The first-order chi connectivity index (χ1) is 13.4. The van der Waals surface area contributed by atoms with Gasteiger partial charge in [0.15, 0.2) is 0 Å². The molecule has 1 fully saturated rings. The normalized spacial score (nSPS) is 19.4. The Kier molecular flexibility index (Phi) is 6.07. The van der Waals surface area contributed by atoms with Gasteiger partial charge in [-0.25, -0.2) is 4.39 Å². The highest BCUT2D eigenvalue weighted by Gasteiger charge is 2.34. The van der Waals surface area contributed by atoms with Crippen molar-refractivity contribution in [2.45, 2.75) is 46.1 Å². The lowest BCUT2D eigenvalue weighted by atomic mass is 9.90. The zero-order chi connectivity index (χ0) is 20.3. The van der Waals surface area contributed by atoms with Crippen molar-refractivity contribution in [1.82, 2.24) is 9.88 Å². The van der Waals surface area contributed by atoms with Crippen LogP contribution in [0.25, 0.3) is 0 Å². The summed E-state index contributed by atoms with van der Waals surface area (Å²) in [5.41, 5.74) is 3.30. The maximum absolute atomic E-state index is 13.3. The highest BCUT2D eigenvalue weighted by atomic mass is 19.1. The molecule has 2 atom stereocenters. The molecule has 1 aromatic heterocycles. The first kappa shape index (κ1) is 20.0. The maximum atomic E-state index is 13.3. The Morgan fingerprint density at radius 2 is 1.96 bits per heavy atom. The van der Waals surface area contributed by atoms with E-state index in [1.165, 1.54) is 12.1 Å². The molecule has 0 spiro atoms. The van der Waals surface area contributed by atoms with E-state index in [0.717, 1.165) is 36.1 Å². The molecule has 0 bridgehead atoms. The van der Waals surface area contributed by atoms with Gasteiger partial charge in [-0.1, -0.05) is 26.0 Å². The number of carbonyl (C=O) groups excluding carboxylic acids is 2. The number of aromatic nitrogens is 1. The summed E-state index contributed by atoms with van der Waals surface area (Å²) < 4.78 is 13.3. The number of halogens is 1. The van der Waals surface area contributed by atoms with Crippen LogP contribution in [0.3, 0.4) is 0 Å². The average molecular weight is 383 g/mol. The molecule has 1 aliphatic heterocycles. The molecule has 1 saturated heterocycles. The van der Waals surface area contributed by atoms with Gasteiger partial charge in [-0.3, -0.25) is 14.6 Å². The number of nitrogens with one attached hydrogen (secondary N) is 1. The predicted octanol–water partition coefficient (Wildman–Crippen LogP) is 4.03. The number of carbonyl (C=O) groups is 2. The molecule has 2 unspecified atom stereocenters. The van der Waals surface area contributed by atoms with Crippen LogP contribution in [0.15, 0.2) is 36.5 Å². The van der Waals surface area contributed by atoms with Gasteiger partial charge in [0.1, 0.15) is 5.82 Å². The second-order valence-electron chi connectivity index (χ2n) is 7.48. The summed E-state index contributed by atoms with van der Waals surface area (Å²) in [7, 11) is 0. The third-order valence-corrected chi connectivity index (χ3v) is 5.36. The summed E-state index contributed by atoms with van der Waals surface area (Å²) in [6.45, 7) is 6.50. The number of aryl methyl sites for hydroxylation is 2. The average Bonchev–Trinajstić information content (AvgIpc) is 2.69. The number of anilines is 1. The summed E-state index contributed by atoms with van der Waals surface area (Å²) in [6.07, 6.45) is 4.07. The minimum absolute atomic E-state index is 0.225. The first-order valence-corrected chi connectivity index (χ1v) is 9.72. The minimum atomic E-state index is -0.672. The maximum Gasteiger partial charge on any atom is 0.313 e. The number of rotatable bonds is 3. The quantitative estimate of drug-likeness (QED) is 0.814. The molecular weight excluding hydrogens is 357 g/mol. The van der Waals surface area contributed by atoms with Gasteiger partial charge < -0.3 is 10.2 Å². The first-order valence-electron chi connectivity index (χ1n) is 9.72. The number of amides is 2. The van der Waals surface area contributed by atoms with Gasteiger partial charge in [-0.2, -0.15) is 0 Å². The van der Waals surface area contributed by atoms with Crippen LogP contribution in [0.2, 0.25) is 0 Å². The number of nitrogens with zero attached hydrogens (tertiary/aromatic N) is 2. The monoisotopic (exact) mass is 383 g/mol. The zero-order valence-corrected chi connectivity index (χ0v) is 16.5. The fourth-order valence-electron chi connectivity index (χ4n) is 3.73. The highest BCUT2D eigenvalue weighted by Crippen LogP contribution is 2.33. The van der Waals surface area contributed by atoms with Crippen LogP contribution in [-0.2, 0) is 16.0 Å². The molecule has 148 valence electrons. The molecule has 0 saturated carbocycles. The number of hydrogen-bond acceptors (Lipinski definition) is 3. The fraction of sp³-hybridized carbons (Fsp3) is 0.409. The van der Waals surface area contributed by atoms with Crippen LogP contribution in [0.1, 0.15) is 49.6 Å². The van der Waals surface area contributed by atoms with Gasteiger partial charge >= 0.3 is 11.8 Å². The van der Waals surface area contributed by atoms with Gasteiger partial charge in [0, 0.05) is 12.2 Å². The van der Waals surface area contributed by atoms with E-state index in [2.05, 4.69) is 17.2 Å². The molecule has 1 aromatic carbocycles. The smallest absolute Gasteiger partial charge is 0.313 e. The number of benzene rings is 1. The SMILES string of the molecule is CCc1cc(NC(=O)C(=O)N2CC(C)CCC2c2ccc(F)cc2)cnc1C. The van der Waals surface area contributed by atoms with E-state index in [4.69, 9.17) is 0 Å². The minimum Gasteiger partial charge on any atom is -0.327 e. The van der Waals surface area contributed by atoms with E-state index >= 15 is 0 Å². The van der Waals surface area contributed by atoms with Crippen LogP contribution in [0.5, 0.6) is 0 Å². The lowest BCUT2D eigenvalue weighted by molar-refractivity contribution is -0.146. The van der Waals surface area contributed by atoms with Crippen molar-refractivity contribution in [2.24, 2.45) is 5.92 Å². The van der Waals surface area contributed by atoms with Crippen LogP contribution < -0.4 is 5.32 Å². The Bertz CT molecular complexity index is 867. The molecule has 1 aliphatic rings. The zero-order valence-electron chi connectivity index (χ0n) is 16.5. The molecule has 0 radical (unpaired) electrons. The Morgan fingerprint density at radius 3 is 2.64 bits per heavy atom. The number of pyridine rings is 1. The lowest BCUT2D eigenvalue weighted by Crippen LogP contribution is -2.46. The van der Waals surface area contributed by atoms with Gasteiger partial charge in [-0.15, -0.1) is 0 Å². The molecule has 6 heteroatoms. The van der Waals surface area contributed by atoms with Crippen molar-refractivity contribution in [3.63, 3.8) is 0 Å². The van der Waals surface area contributed by atoms with Crippen molar-refractivity contribution in [1.29, 1.82) is 0 Å². The molecule has 28 heavy (non-hydrogen) atoms. The summed E-state index contributed by atoms with van der Waals surface area (Å²) in [6, 6.07) is 7.78. The van der Waals surface area contributed by atoms with Gasteiger partial charge in [-0.05, 0) is 61.4 Å². The lowest BCUT2D eigenvalue weighted by Gasteiger charge is -2.38. The van der Waals surface area contributed by atoms with E-state index in [1.54, 1.807) is 23.2 Å². The topological polar surface area (TPSA) is 62.3 Å². The van der Waals surface area contributed by atoms with E-state index in [1.807, 2.05) is 19.9 Å². The summed E-state index contributed by atoms with van der Waals surface area (Å²) in [5.74, 6) is -1.25. The van der Waals surface area contributed by atoms with Crippen molar-refractivity contribution in [2.75, 3.05) is 11.9 Å². The second-order valence-corrected chi connectivity index (χ2v) is 7.48.